The molecule has 1 aromatic rings. The molecule has 1 heterocycles. The van der Waals surface area contributed by atoms with Crippen molar-refractivity contribution in [3.63, 3.8) is 0 Å². The third-order valence-corrected chi connectivity index (χ3v) is 7.04. The molecule has 3 N–H and O–H groups in total. The number of aryl methyl sites for hydroxylation is 1. The molecule has 35 heavy (non-hydrogen) atoms. The maximum absolute atomic E-state index is 12.7. The fraction of sp³-hybridized carbons (Fsp3) is 0.545. The zero-order chi connectivity index (χ0) is 26.1. The SMILES string of the molecule is CC(=O)SCCNC(=O)CCNC(=O)[C@@H]1O[P+](O)(OCOC(=O)c2ccc(C)cc2)OCC1(C)C. The first-order valence-electron chi connectivity index (χ1n) is 10.9. The van der Waals surface area contributed by atoms with Gasteiger partial charge in [0.05, 0.1) is 5.56 Å². The maximum Gasteiger partial charge on any atom is 0.576 e. The summed E-state index contributed by atoms with van der Waals surface area (Å²) in [5.41, 5.74) is 0.498. The summed E-state index contributed by atoms with van der Waals surface area (Å²) >= 11 is 1.11. The first-order chi connectivity index (χ1) is 16.4. The standard InChI is InChI=1S/C22H31N2O9PS/c1-15-5-7-17(8-6-15)21(28)30-14-32-34(29)31-13-22(3,4)19(33-34)20(27)24-10-9-18(26)23-11-12-35-16(2)25/h5-8,19,29H,9-14H2,1-4H3,(H-,23,24,26,27)/p+1/t19-,34?/m0/s1. The number of amides is 2. The van der Waals surface area contributed by atoms with Gasteiger partial charge in [-0.05, 0) is 19.1 Å². The van der Waals surface area contributed by atoms with E-state index >= 15 is 0 Å². The first-order valence-corrected chi connectivity index (χ1v) is 13.4. The van der Waals surface area contributed by atoms with Crippen molar-refractivity contribution in [3.8, 4) is 0 Å². The number of nitrogens with one attached hydrogen (secondary N) is 2. The van der Waals surface area contributed by atoms with Crippen molar-refractivity contribution in [3.05, 3.63) is 35.4 Å². The Bertz CT molecular complexity index is 913. The summed E-state index contributed by atoms with van der Waals surface area (Å²) < 4.78 is 21.0. The van der Waals surface area contributed by atoms with E-state index in [9.17, 15) is 24.1 Å². The quantitative estimate of drug-likeness (QED) is 0.168. The monoisotopic (exact) mass is 531 g/mol. The Morgan fingerprint density at radius 2 is 1.86 bits per heavy atom. The molecule has 13 heteroatoms. The van der Waals surface area contributed by atoms with Crippen LogP contribution in [0.5, 0.6) is 0 Å². The van der Waals surface area contributed by atoms with Crippen LogP contribution in [-0.2, 0) is 32.7 Å². The van der Waals surface area contributed by atoms with E-state index in [0.717, 1.165) is 17.3 Å². The number of carbonyl (C=O) groups is 4. The summed E-state index contributed by atoms with van der Waals surface area (Å²) in [6.07, 6.45) is -1.09. The molecule has 0 spiro atoms. The van der Waals surface area contributed by atoms with Crippen LogP contribution in [0.3, 0.4) is 0 Å². The molecule has 1 saturated heterocycles. The molecule has 2 atom stereocenters. The minimum atomic E-state index is -3.93. The smallest absolute Gasteiger partial charge is 0.430 e. The van der Waals surface area contributed by atoms with Gasteiger partial charge in [0.2, 0.25) is 12.7 Å². The second kappa shape index (κ2) is 13.3. The van der Waals surface area contributed by atoms with Crippen molar-refractivity contribution < 1.29 is 42.4 Å². The zero-order valence-electron chi connectivity index (χ0n) is 20.2. The molecule has 0 aliphatic carbocycles. The van der Waals surface area contributed by atoms with Gasteiger partial charge in [-0.15, -0.1) is 9.05 Å². The highest BCUT2D eigenvalue weighted by Gasteiger charge is 2.59. The molecule has 1 aromatic carbocycles. The molecular weight excluding hydrogens is 499 g/mol. The van der Waals surface area contributed by atoms with Gasteiger partial charge in [-0.2, -0.15) is 9.42 Å². The number of hydrogen-bond donors (Lipinski definition) is 3. The number of hydrogen-bond acceptors (Lipinski definition) is 10. The summed E-state index contributed by atoms with van der Waals surface area (Å²) in [5.74, 6) is -0.997. The molecule has 0 saturated carbocycles. The number of ether oxygens (including phenoxy) is 1. The van der Waals surface area contributed by atoms with Crippen molar-refractivity contribution in [1.82, 2.24) is 10.6 Å². The predicted molar refractivity (Wildman–Crippen MR) is 130 cm³/mol. The summed E-state index contributed by atoms with van der Waals surface area (Å²) in [5, 5.41) is 5.24. The predicted octanol–water partition coefficient (Wildman–Crippen LogP) is 2.14. The number of esters is 1. The lowest BCUT2D eigenvalue weighted by Crippen LogP contribution is -2.50. The Hall–Kier alpha value is -2.08. The molecule has 1 aliphatic rings. The average molecular weight is 532 g/mol. The van der Waals surface area contributed by atoms with Gasteiger partial charge in [0.15, 0.2) is 11.2 Å². The van der Waals surface area contributed by atoms with Crippen molar-refractivity contribution >= 4 is 42.8 Å². The molecule has 2 amide bonds. The topological polar surface area (TPSA) is 149 Å². The van der Waals surface area contributed by atoms with Crippen LogP contribution in [0.15, 0.2) is 24.3 Å². The molecule has 1 fully saturated rings. The second-order valence-electron chi connectivity index (χ2n) is 8.49. The Kier molecular flexibility index (Phi) is 11.1. The lowest BCUT2D eigenvalue weighted by Gasteiger charge is -2.36. The van der Waals surface area contributed by atoms with E-state index in [2.05, 4.69) is 10.6 Å². The lowest BCUT2D eigenvalue weighted by molar-refractivity contribution is -0.146. The summed E-state index contributed by atoms with van der Waals surface area (Å²) in [6.45, 7) is 6.49. The fourth-order valence-corrected chi connectivity index (χ4v) is 4.90. The van der Waals surface area contributed by atoms with Crippen LogP contribution in [0.25, 0.3) is 0 Å². The van der Waals surface area contributed by atoms with Crippen molar-refractivity contribution in [2.45, 2.75) is 40.2 Å². The van der Waals surface area contributed by atoms with Crippen LogP contribution < -0.4 is 10.6 Å². The number of thioether (sulfide) groups is 1. The number of rotatable bonds is 11. The Morgan fingerprint density at radius 1 is 1.17 bits per heavy atom. The van der Waals surface area contributed by atoms with Gasteiger partial charge in [0, 0.05) is 37.6 Å². The molecule has 0 aromatic heterocycles. The van der Waals surface area contributed by atoms with Crippen LogP contribution in [0.1, 0.15) is 43.1 Å². The Balaban J connectivity index is 1.80. The van der Waals surface area contributed by atoms with E-state index in [1.807, 2.05) is 6.92 Å². The molecule has 1 unspecified atom stereocenters. The summed E-state index contributed by atoms with van der Waals surface area (Å²) in [4.78, 5) is 58.2. The van der Waals surface area contributed by atoms with E-state index in [1.165, 1.54) is 6.92 Å². The normalized spacial score (nSPS) is 21.1. The third-order valence-electron chi connectivity index (χ3n) is 4.86. The average Bonchev–Trinajstić information content (AvgIpc) is 2.79. The summed E-state index contributed by atoms with van der Waals surface area (Å²) in [7, 11) is -3.93. The van der Waals surface area contributed by atoms with Crippen LogP contribution >= 0.6 is 19.9 Å². The van der Waals surface area contributed by atoms with Gasteiger partial charge in [-0.1, -0.05) is 43.3 Å². The van der Waals surface area contributed by atoms with Crippen LogP contribution in [0.2, 0.25) is 0 Å². The van der Waals surface area contributed by atoms with Gasteiger partial charge in [0.1, 0.15) is 6.61 Å². The summed E-state index contributed by atoms with van der Waals surface area (Å²) in [6, 6.07) is 6.72. The molecular formula is C22H32N2O9PS+. The van der Waals surface area contributed by atoms with Crippen LogP contribution in [0.4, 0.5) is 0 Å². The van der Waals surface area contributed by atoms with Gasteiger partial charge in [0.25, 0.3) is 5.91 Å². The number of benzene rings is 1. The van der Waals surface area contributed by atoms with Gasteiger partial charge >= 0.3 is 14.1 Å². The maximum atomic E-state index is 12.7. The largest absolute Gasteiger partial charge is 0.576 e. The fourth-order valence-electron chi connectivity index (χ4n) is 2.89. The zero-order valence-corrected chi connectivity index (χ0v) is 21.9. The number of carbonyl (C=O) groups excluding carboxylic acids is 4. The van der Waals surface area contributed by atoms with Crippen molar-refractivity contribution in [1.29, 1.82) is 0 Å². The van der Waals surface area contributed by atoms with Crippen molar-refractivity contribution in [2.75, 3.05) is 32.2 Å². The minimum Gasteiger partial charge on any atom is -0.430 e. The van der Waals surface area contributed by atoms with E-state index in [-0.39, 0.29) is 30.6 Å². The van der Waals surface area contributed by atoms with Gasteiger partial charge in [-0.3, -0.25) is 14.4 Å². The highest BCUT2D eigenvalue weighted by molar-refractivity contribution is 8.13. The molecule has 2 rings (SSSR count). The molecule has 0 bridgehead atoms. The van der Waals surface area contributed by atoms with Gasteiger partial charge in [-0.25, -0.2) is 4.79 Å². The van der Waals surface area contributed by atoms with E-state index < -0.39 is 38.4 Å². The Morgan fingerprint density at radius 3 is 2.51 bits per heavy atom. The highest BCUT2D eigenvalue weighted by atomic mass is 32.2. The minimum absolute atomic E-state index is 0.0261. The van der Waals surface area contributed by atoms with Crippen molar-refractivity contribution in [2.24, 2.45) is 5.41 Å². The van der Waals surface area contributed by atoms with Crippen LogP contribution in [0, 0.1) is 12.3 Å². The molecule has 194 valence electrons. The first kappa shape index (κ1) is 29.2. The highest BCUT2D eigenvalue weighted by Crippen LogP contribution is 2.63. The molecule has 11 nitrogen and oxygen atoms in total. The Labute approximate surface area is 209 Å². The lowest BCUT2D eigenvalue weighted by atomic mass is 9.87. The van der Waals surface area contributed by atoms with Crippen LogP contribution in [-0.4, -0.2) is 66.1 Å². The van der Waals surface area contributed by atoms with E-state index in [0.29, 0.717) is 17.9 Å². The second-order valence-corrected chi connectivity index (χ2v) is 11.4. The molecule has 0 radical (unpaired) electrons. The molecule has 1 aliphatic heterocycles. The van der Waals surface area contributed by atoms with Gasteiger partial charge < -0.3 is 15.4 Å². The third kappa shape index (κ3) is 9.83. The van der Waals surface area contributed by atoms with E-state index in [1.54, 1.807) is 38.1 Å². The van der Waals surface area contributed by atoms with E-state index in [4.69, 9.17) is 18.3 Å².